The highest BCUT2D eigenvalue weighted by Crippen LogP contribution is 2.25. The summed E-state index contributed by atoms with van der Waals surface area (Å²) in [5, 5.41) is 0. The van der Waals surface area contributed by atoms with Crippen LogP contribution in [-0.2, 0) is 0 Å². The second kappa shape index (κ2) is 5.34. The largest absolute Gasteiger partial charge is 0.303 e. The number of nitrogens with zero attached hydrogens (tertiary/aromatic N) is 1. The normalized spacial score (nSPS) is 24.0. The van der Waals surface area contributed by atoms with E-state index in [0.29, 0.717) is 5.41 Å². The van der Waals surface area contributed by atoms with E-state index < -0.39 is 0 Å². The Bertz CT molecular complexity index is 178. The van der Waals surface area contributed by atoms with Crippen molar-refractivity contribution in [3.8, 4) is 0 Å². The minimum Gasteiger partial charge on any atom is -0.303 e. The molecule has 0 bridgehead atoms. The molecule has 0 aromatic heterocycles. The van der Waals surface area contributed by atoms with E-state index >= 15 is 0 Å². The standard InChI is InChI=1S/C14H29N/c1-12(2)10-13-6-8-15(11-13)9-7-14(3,4)5/h12-13H,6-11H2,1-5H3. The molecule has 0 aromatic carbocycles. The summed E-state index contributed by atoms with van der Waals surface area (Å²) in [5.74, 6) is 1.85. The van der Waals surface area contributed by atoms with Gasteiger partial charge in [-0.25, -0.2) is 0 Å². The number of hydrogen-bond donors (Lipinski definition) is 0. The average molecular weight is 211 g/mol. The van der Waals surface area contributed by atoms with Crippen LogP contribution in [0.5, 0.6) is 0 Å². The summed E-state index contributed by atoms with van der Waals surface area (Å²) in [7, 11) is 0. The Morgan fingerprint density at radius 2 is 1.93 bits per heavy atom. The van der Waals surface area contributed by atoms with Gasteiger partial charge in [0.25, 0.3) is 0 Å². The summed E-state index contributed by atoms with van der Waals surface area (Å²) >= 11 is 0. The third kappa shape index (κ3) is 5.55. The van der Waals surface area contributed by atoms with E-state index in [4.69, 9.17) is 0 Å². The van der Waals surface area contributed by atoms with Crippen molar-refractivity contribution in [1.29, 1.82) is 0 Å². The Kier molecular flexibility index (Phi) is 4.64. The van der Waals surface area contributed by atoms with Gasteiger partial charge in [0.2, 0.25) is 0 Å². The summed E-state index contributed by atoms with van der Waals surface area (Å²) < 4.78 is 0. The Morgan fingerprint density at radius 3 is 2.47 bits per heavy atom. The van der Waals surface area contributed by atoms with Gasteiger partial charge in [-0.05, 0) is 49.6 Å². The molecule has 15 heavy (non-hydrogen) atoms. The first-order valence-corrected chi connectivity index (χ1v) is 6.59. The fourth-order valence-electron chi connectivity index (χ4n) is 2.47. The van der Waals surface area contributed by atoms with Crippen LogP contribution in [0.25, 0.3) is 0 Å². The Balaban J connectivity index is 2.19. The van der Waals surface area contributed by atoms with Gasteiger partial charge < -0.3 is 4.90 Å². The van der Waals surface area contributed by atoms with E-state index in [-0.39, 0.29) is 0 Å². The van der Waals surface area contributed by atoms with Crippen LogP contribution in [-0.4, -0.2) is 24.5 Å². The van der Waals surface area contributed by atoms with Crippen molar-refractivity contribution in [1.82, 2.24) is 4.90 Å². The van der Waals surface area contributed by atoms with Crippen LogP contribution < -0.4 is 0 Å². The van der Waals surface area contributed by atoms with Crippen LogP contribution in [0.15, 0.2) is 0 Å². The molecule has 0 amide bonds. The van der Waals surface area contributed by atoms with E-state index in [9.17, 15) is 0 Å². The Labute approximate surface area is 96.2 Å². The van der Waals surface area contributed by atoms with Gasteiger partial charge in [0.1, 0.15) is 0 Å². The average Bonchev–Trinajstić information content (AvgIpc) is 2.46. The van der Waals surface area contributed by atoms with Crippen molar-refractivity contribution < 1.29 is 0 Å². The minimum absolute atomic E-state index is 0.496. The summed E-state index contributed by atoms with van der Waals surface area (Å²) in [5.41, 5.74) is 0.496. The SMILES string of the molecule is CC(C)CC1CCN(CCC(C)(C)C)C1. The highest BCUT2D eigenvalue weighted by Gasteiger charge is 2.23. The maximum absolute atomic E-state index is 2.66. The number of hydrogen-bond acceptors (Lipinski definition) is 1. The fraction of sp³-hybridized carbons (Fsp3) is 1.00. The molecular weight excluding hydrogens is 182 g/mol. The van der Waals surface area contributed by atoms with Crippen molar-refractivity contribution in [3.05, 3.63) is 0 Å². The van der Waals surface area contributed by atoms with E-state index in [1.165, 1.54) is 38.9 Å². The molecule has 1 fully saturated rings. The van der Waals surface area contributed by atoms with Crippen LogP contribution in [0.4, 0.5) is 0 Å². The Hall–Kier alpha value is -0.0400. The summed E-state index contributed by atoms with van der Waals surface area (Å²) in [4.78, 5) is 2.66. The van der Waals surface area contributed by atoms with Crippen LogP contribution in [0.1, 0.15) is 53.9 Å². The number of likely N-dealkylation sites (tertiary alicyclic amines) is 1. The van der Waals surface area contributed by atoms with E-state index in [1.807, 2.05) is 0 Å². The molecule has 1 aliphatic heterocycles. The molecule has 1 aliphatic rings. The smallest absolute Gasteiger partial charge is 0.00102 e. The molecule has 0 aromatic rings. The molecule has 1 heteroatoms. The molecule has 1 nitrogen and oxygen atoms in total. The first-order valence-electron chi connectivity index (χ1n) is 6.59. The zero-order valence-electron chi connectivity index (χ0n) is 11.3. The maximum Gasteiger partial charge on any atom is 0.00102 e. The van der Waals surface area contributed by atoms with Gasteiger partial charge in [-0.15, -0.1) is 0 Å². The summed E-state index contributed by atoms with van der Waals surface area (Å²) in [6, 6.07) is 0. The molecule has 1 unspecified atom stereocenters. The van der Waals surface area contributed by atoms with Crippen LogP contribution in [0.3, 0.4) is 0 Å². The quantitative estimate of drug-likeness (QED) is 0.684. The Morgan fingerprint density at radius 1 is 1.27 bits per heavy atom. The van der Waals surface area contributed by atoms with Gasteiger partial charge in [-0.3, -0.25) is 0 Å². The lowest BCUT2D eigenvalue weighted by atomic mass is 9.92. The first kappa shape index (κ1) is 13.0. The van der Waals surface area contributed by atoms with E-state index in [1.54, 1.807) is 0 Å². The third-order valence-electron chi connectivity index (χ3n) is 3.35. The molecule has 0 radical (unpaired) electrons. The number of rotatable bonds is 4. The predicted octanol–water partition coefficient (Wildman–Crippen LogP) is 3.79. The second-order valence-corrected chi connectivity index (χ2v) is 6.90. The second-order valence-electron chi connectivity index (χ2n) is 6.90. The van der Waals surface area contributed by atoms with Crippen molar-refractivity contribution >= 4 is 0 Å². The third-order valence-corrected chi connectivity index (χ3v) is 3.35. The zero-order valence-corrected chi connectivity index (χ0v) is 11.3. The lowest BCUT2D eigenvalue weighted by Gasteiger charge is -2.23. The highest BCUT2D eigenvalue weighted by atomic mass is 15.1. The molecule has 0 spiro atoms. The summed E-state index contributed by atoms with van der Waals surface area (Å²) in [6.07, 6.45) is 4.19. The van der Waals surface area contributed by atoms with Gasteiger partial charge in [0, 0.05) is 6.54 Å². The molecular formula is C14H29N. The van der Waals surface area contributed by atoms with Crippen molar-refractivity contribution in [3.63, 3.8) is 0 Å². The fourth-order valence-corrected chi connectivity index (χ4v) is 2.47. The first-order chi connectivity index (χ1) is 6.87. The molecule has 0 saturated carbocycles. The van der Waals surface area contributed by atoms with E-state index in [2.05, 4.69) is 39.5 Å². The van der Waals surface area contributed by atoms with E-state index in [0.717, 1.165) is 11.8 Å². The predicted molar refractivity (Wildman–Crippen MR) is 68.1 cm³/mol. The zero-order chi connectivity index (χ0) is 11.5. The molecule has 1 rings (SSSR count). The van der Waals surface area contributed by atoms with Crippen LogP contribution >= 0.6 is 0 Å². The monoisotopic (exact) mass is 211 g/mol. The highest BCUT2D eigenvalue weighted by molar-refractivity contribution is 4.77. The molecule has 90 valence electrons. The van der Waals surface area contributed by atoms with Gasteiger partial charge in [0.15, 0.2) is 0 Å². The minimum atomic E-state index is 0.496. The van der Waals surface area contributed by atoms with Gasteiger partial charge >= 0.3 is 0 Å². The summed E-state index contributed by atoms with van der Waals surface area (Å²) in [6.45, 7) is 15.7. The van der Waals surface area contributed by atoms with Crippen molar-refractivity contribution in [2.75, 3.05) is 19.6 Å². The molecule has 1 atom stereocenters. The van der Waals surface area contributed by atoms with Gasteiger partial charge in [-0.2, -0.15) is 0 Å². The topological polar surface area (TPSA) is 3.24 Å². The maximum atomic E-state index is 2.66. The molecule has 0 N–H and O–H groups in total. The van der Waals surface area contributed by atoms with Gasteiger partial charge in [-0.1, -0.05) is 34.6 Å². The molecule has 0 aliphatic carbocycles. The molecule has 1 saturated heterocycles. The lowest BCUT2D eigenvalue weighted by Crippen LogP contribution is -2.25. The van der Waals surface area contributed by atoms with Crippen LogP contribution in [0.2, 0.25) is 0 Å². The molecule has 1 heterocycles. The van der Waals surface area contributed by atoms with Gasteiger partial charge in [0.05, 0.1) is 0 Å². The lowest BCUT2D eigenvalue weighted by molar-refractivity contribution is 0.254. The van der Waals surface area contributed by atoms with Crippen molar-refractivity contribution in [2.45, 2.75) is 53.9 Å². The van der Waals surface area contributed by atoms with Crippen molar-refractivity contribution in [2.24, 2.45) is 17.3 Å². The van der Waals surface area contributed by atoms with Crippen LogP contribution in [0, 0.1) is 17.3 Å².